The molecule has 8 heteroatoms. The van der Waals surface area contributed by atoms with Crippen molar-refractivity contribution in [2.45, 2.75) is 18.2 Å². The summed E-state index contributed by atoms with van der Waals surface area (Å²) in [5.41, 5.74) is 1.56. The maximum absolute atomic E-state index is 13.4. The molecule has 0 saturated heterocycles. The first-order valence-electron chi connectivity index (χ1n) is 9.25. The molecular formula is C22H20F2N2O3S. The minimum Gasteiger partial charge on any atom is -0.308 e. The van der Waals surface area contributed by atoms with Crippen molar-refractivity contribution in [2.24, 2.45) is 0 Å². The molecule has 0 fully saturated rings. The first-order valence-corrected chi connectivity index (χ1v) is 10.9. The molecule has 0 aliphatic rings. The van der Waals surface area contributed by atoms with Gasteiger partial charge in [0.2, 0.25) is 0 Å². The molecule has 3 aromatic carbocycles. The van der Waals surface area contributed by atoms with E-state index in [1.54, 1.807) is 13.0 Å². The van der Waals surface area contributed by atoms with Crippen LogP contribution in [0.15, 0.2) is 71.6 Å². The van der Waals surface area contributed by atoms with Crippen LogP contribution in [-0.2, 0) is 9.84 Å². The van der Waals surface area contributed by atoms with Gasteiger partial charge < -0.3 is 10.6 Å². The lowest BCUT2D eigenvalue weighted by Crippen LogP contribution is -2.20. The van der Waals surface area contributed by atoms with Crippen LogP contribution in [0.1, 0.15) is 13.3 Å². The van der Waals surface area contributed by atoms with Gasteiger partial charge in [0.05, 0.1) is 16.3 Å². The Morgan fingerprint density at radius 2 is 1.57 bits per heavy atom. The lowest BCUT2D eigenvalue weighted by Gasteiger charge is -2.14. The summed E-state index contributed by atoms with van der Waals surface area (Å²) >= 11 is 0. The SMILES string of the molecule is CCCS(=O)(=O)c1ccc(-c2ccccc2)c(NC(=O)Nc2cc(F)cc(F)c2)c1. The maximum Gasteiger partial charge on any atom is 0.323 e. The van der Waals surface area contributed by atoms with Gasteiger partial charge in [-0.05, 0) is 36.2 Å². The van der Waals surface area contributed by atoms with Crippen molar-refractivity contribution in [3.05, 3.63) is 78.4 Å². The van der Waals surface area contributed by atoms with E-state index in [9.17, 15) is 22.0 Å². The molecule has 5 nitrogen and oxygen atoms in total. The number of hydrogen-bond donors (Lipinski definition) is 2. The van der Waals surface area contributed by atoms with Gasteiger partial charge in [0.1, 0.15) is 11.6 Å². The predicted molar refractivity (Wildman–Crippen MR) is 113 cm³/mol. The van der Waals surface area contributed by atoms with Crippen molar-refractivity contribution in [1.29, 1.82) is 0 Å². The van der Waals surface area contributed by atoms with Crippen LogP contribution < -0.4 is 10.6 Å². The second-order valence-electron chi connectivity index (χ2n) is 6.63. The van der Waals surface area contributed by atoms with Gasteiger partial charge in [0, 0.05) is 17.3 Å². The third-order valence-corrected chi connectivity index (χ3v) is 6.19. The molecule has 156 valence electrons. The summed E-state index contributed by atoms with van der Waals surface area (Å²) in [6.45, 7) is 1.76. The average Bonchev–Trinajstić information content (AvgIpc) is 2.67. The Hall–Kier alpha value is -3.26. The van der Waals surface area contributed by atoms with Gasteiger partial charge in [-0.25, -0.2) is 22.0 Å². The molecule has 0 bridgehead atoms. The summed E-state index contributed by atoms with van der Waals surface area (Å²) in [7, 11) is -3.51. The van der Waals surface area contributed by atoms with Gasteiger partial charge >= 0.3 is 6.03 Å². The monoisotopic (exact) mass is 430 g/mol. The molecule has 3 rings (SSSR count). The van der Waals surface area contributed by atoms with E-state index in [4.69, 9.17) is 0 Å². The zero-order chi connectivity index (χ0) is 21.7. The predicted octanol–water partition coefficient (Wildman–Crippen LogP) is 5.46. The highest BCUT2D eigenvalue weighted by atomic mass is 32.2. The highest BCUT2D eigenvalue weighted by Gasteiger charge is 2.17. The van der Waals surface area contributed by atoms with Gasteiger partial charge in [-0.2, -0.15) is 0 Å². The zero-order valence-corrected chi connectivity index (χ0v) is 17.0. The lowest BCUT2D eigenvalue weighted by atomic mass is 10.0. The second-order valence-corrected chi connectivity index (χ2v) is 8.74. The van der Waals surface area contributed by atoms with E-state index in [-0.39, 0.29) is 22.0 Å². The summed E-state index contributed by atoms with van der Waals surface area (Å²) in [6.07, 6.45) is 0.456. The summed E-state index contributed by atoms with van der Waals surface area (Å²) in [5, 5.41) is 4.95. The van der Waals surface area contributed by atoms with Crippen molar-refractivity contribution in [3.8, 4) is 11.1 Å². The van der Waals surface area contributed by atoms with Crippen molar-refractivity contribution < 1.29 is 22.0 Å². The molecular weight excluding hydrogens is 410 g/mol. The molecule has 3 aromatic rings. The summed E-state index contributed by atoms with van der Waals surface area (Å²) in [6, 6.07) is 15.5. The van der Waals surface area contributed by atoms with Crippen molar-refractivity contribution in [3.63, 3.8) is 0 Å². The van der Waals surface area contributed by atoms with Crippen LogP contribution in [0.2, 0.25) is 0 Å². The smallest absolute Gasteiger partial charge is 0.308 e. The van der Waals surface area contributed by atoms with E-state index in [1.807, 2.05) is 30.3 Å². The first kappa shape index (κ1) is 21.4. The molecule has 0 spiro atoms. The molecule has 0 saturated carbocycles. The fraction of sp³-hybridized carbons (Fsp3) is 0.136. The van der Waals surface area contributed by atoms with Crippen molar-refractivity contribution in [1.82, 2.24) is 0 Å². The van der Waals surface area contributed by atoms with Gasteiger partial charge in [-0.3, -0.25) is 0 Å². The van der Waals surface area contributed by atoms with Crippen LogP contribution in [0, 0.1) is 11.6 Å². The van der Waals surface area contributed by atoms with Crippen LogP contribution in [0.5, 0.6) is 0 Å². The first-order chi connectivity index (χ1) is 14.3. The molecule has 2 amide bonds. The van der Waals surface area contributed by atoms with E-state index >= 15 is 0 Å². The topological polar surface area (TPSA) is 75.3 Å². The van der Waals surface area contributed by atoms with Crippen LogP contribution in [-0.4, -0.2) is 20.2 Å². The highest BCUT2D eigenvalue weighted by molar-refractivity contribution is 7.91. The minimum absolute atomic E-state index is 0.0219. The molecule has 0 aliphatic heterocycles. The standard InChI is InChI=1S/C22H20F2N2O3S/c1-2-10-30(28,29)19-8-9-20(15-6-4-3-5-7-15)21(14-19)26-22(27)25-18-12-16(23)11-17(24)13-18/h3-9,11-14H,2,10H2,1H3,(H2,25,26,27). The van der Waals surface area contributed by atoms with E-state index in [1.165, 1.54) is 12.1 Å². The number of carbonyl (C=O) groups excluding carboxylic acids is 1. The minimum atomic E-state index is -3.51. The van der Waals surface area contributed by atoms with Crippen LogP contribution >= 0.6 is 0 Å². The zero-order valence-electron chi connectivity index (χ0n) is 16.2. The Balaban J connectivity index is 1.96. The number of carbonyl (C=O) groups is 1. The Kier molecular flexibility index (Phi) is 6.47. The quantitative estimate of drug-likeness (QED) is 0.545. The Morgan fingerprint density at radius 1 is 0.900 bits per heavy atom. The van der Waals surface area contributed by atoms with E-state index in [0.717, 1.165) is 17.7 Å². The largest absolute Gasteiger partial charge is 0.323 e. The molecule has 0 atom stereocenters. The van der Waals surface area contributed by atoms with Crippen LogP contribution in [0.4, 0.5) is 25.0 Å². The average molecular weight is 430 g/mol. The van der Waals surface area contributed by atoms with Gasteiger partial charge in [0.25, 0.3) is 0 Å². The number of sulfone groups is 1. The number of hydrogen-bond acceptors (Lipinski definition) is 3. The molecule has 0 aliphatic carbocycles. The van der Waals surface area contributed by atoms with Crippen molar-refractivity contribution >= 4 is 27.2 Å². The van der Waals surface area contributed by atoms with E-state index in [2.05, 4.69) is 10.6 Å². The summed E-state index contributed by atoms with van der Waals surface area (Å²) in [4.78, 5) is 12.5. The Labute approximate surface area is 173 Å². The fourth-order valence-corrected chi connectivity index (χ4v) is 4.33. The Bertz CT molecular complexity index is 1150. The van der Waals surface area contributed by atoms with Gasteiger partial charge in [-0.1, -0.05) is 43.3 Å². The molecule has 0 radical (unpaired) electrons. The van der Waals surface area contributed by atoms with Crippen LogP contribution in [0.25, 0.3) is 11.1 Å². The number of anilines is 2. The summed E-state index contributed by atoms with van der Waals surface area (Å²) in [5.74, 6) is -1.68. The lowest BCUT2D eigenvalue weighted by molar-refractivity contribution is 0.262. The van der Waals surface area contributed by atoms with Gasteiger partial charge in [-0.15, -0.1) is 0 Å². The number of benzene rings is 3. The van der Waals surface area contributed by atoms with E-state index < -0.39 is 27.5 Å². The molecule has 0 unspecified atom stereocenters. The number of urea groups is 1. The Morgan fingerprint density at radius 3 is 2.20 bits per heavy atom. The third kappa shape index (κ3) is 5.21. The fourth-order valence-electron chi connectivity index (χ4n) is 2.99. The maximum atomic E-state index is 13.4. The number of amides is 2. The molecule has 2 N–H and O–H groups in total. The number of nitrogens with one attached hydrogen (secondary N) is 2. The molecule has 0 aromatic heterocycles. The van der Waals surface area contributed by atoms with Crippen molar-refractivity contribution in [2.75, 3.05) is 16.4 Å². The van der Waals surface area contributed by atoms with Crippen LogP contribution in [0.3, 0.4) is 0 Å². The number of halogens is 2. The summed E-state index contributed by atoms with van der Waals surface area (Å²) < 4.78 is 51.7. The second kappa shape index (κ2) is 9.04. The molecule has 30 heavy (non-hydrogen) atoms. The molecule has 0 heterocycles. The highest BCUT2D eigenvalue weighted by Crippen LogP contribution is 2.31. The van der Waals surface area contributed by atoms with E-state index in [0.29, 0.717) is 18.1 Å². The number of rotatable bonds is 6. The normalized spacial score (nSPS) is 11.2. The third-order valence-electron chi connectivity index (χ3n) is 4.28. The van der Waals surface area contributed by atoms with Gasteiger partial charge in [0.15, 0.2) is 9.84 Å².